The third kappa shape index (κ3) is 3.84. The van der Waals surface area contributed by atoms with Gasteiger partial charge in [-0.25, -0.2) is 4.39 Å². The summed E-state index contributed by atoms with van der Waals surface area (Å²) in [6.07, 6.45) is 2.65. The van der Waals surface area contributed by atoms with Crippen LogP contribution in [0, 0.1) is 5.82 Å². The number of halogens is 1. The van der Waals surface area contributed by atoms with Gasteiger partial charge >= 0.3 is 0 Å². The molecule has 27 heavy (non-hydrogen) atoms. The molecule has 0 radical (unpaired) electrons. The fraction of sp³-hybridized carbons (Fsp3) is 0.381. The lowest BCUT2D eigenvalue weighted by atomic mass is 10.0. The Bertz CT molecular complexity index is 826. The van der Waals surface area contributed by atoms with Crippen LogP contribution in [0.15, 0.2) is 42.5 Å². The van der Waals surface area contributed by atoms with Crippen LogP contribution in [0.4, 0.5) is 4.39 Å². The van der Waals surface area contributed by atoms with E-state index in [1.54, 1.807) is 17.0 Å². The molecular formula is C21H22FNO4. The Labute approximate surface area is 157 Å². The zero-order valence-corrected chi connectivity index (χ0v) is 15.0. The van der Waals surface area contributed by atoms with Crippen molar-refractivity contribution in [1.82, 2.24) is 4.90 Å². The van der Waals surface area contributed by atoms with Crippen molar-refractivity contribution in [2.75, 3.05) is 26.4 Å². The molecule has 0 aliphatic carbocycles. The highest BCUT2D eigenvalue weighted by molar-refractivity contribution is 5.78. The first-order valence-electron chi connectivity index (χ1n) is 9.29. The molecule has 4 rings (SSSR count). The molecule has 6 heteroatoms. The van der Waals surface area contributed by atoms with Crippen LogP contribution < -0.4 is 14.2 Å². The highest BCUT2D eigenvalue weighted by Crippen LogP contribution is 2.38. The van der Waals surface area contributed by atoms with Crippen LogP contribution in [0.3, 0.4) is 0 Å². The van der Waals surface area contributed by atoms with Gasteiger partial charge < -0.3 is 19.1 Å². The topological polar surface area (TPSA) is 48.0 Å². The molecule has 2 aliphatic rings. The van der Waals surface area contributed by atoms with E-state index in [0.29, 0.717) is 19.8 Å². The number of nitrogens with zero attached hydrogens (tertiary/aromatic N) is 1. The molecule has 1 saturated heterocycles. The van der Waals surface area contributed by atoms with E-state index in [1.165, 1.54) is 12.1 Å². The molecule has 0 bridgehead atoms. The summed E-state index contributed by atoms with van der Waals surface area (Å²) in [5.41, 5.74) is 1.02. The van der Waals surface area contributed by atoms with Crippen LogP contribution in [-0.4, -0.2) is 37.2 Å². The third-order valence-electron chi connectivity index (χ3n) is 4.92. The number of ether oxygens (including phenoxy) is 3. The van der Waals surface area contributed by atoms with E-state index in [4.69, 9.17) is 14.2 Å². The van der Waals surface area contributed by atoms with Crippen molar-refractivity contribution < 1.29 is 23.4 Å². The number of likely N-dealkylation sites (tertiary alicyclic amines) is 1. The van der Waals surface area contributed by atoms with Crippen LogP contribution in [-0.2, 0) is 4.79 Å². The van der Waals surface area contributed by atoms with Crippen molar-refractivity contribution >= 4 is 5.91 Å². The summed E-state index contributed by atoms with van der Waals surface area (Å²) in [6, 6.07) is 11.9. The summed E-state index contributed by atoms with van der Waals surface area (Å²) in [5, 5.41) is 0. The molecule has 0 spiro atoms. The van der Waals surface area contributed by atoms with Gasteiger partial charge in [-0.3, -0.25) is 4.79 Å². The second kappa shape index (κ2) is 7.86. The van der Waals surface area contributed by atoms with E-state index >= 15 is 0 Å². The maximum absolute atomic E-state index is 13.7. The van der Waals surface area contributed by atoms with Crippen LogP contribution in [0.2, 0.25) is 0 Å². The summed E-state index contributed by atoms with van der Waals surface area (Å²) in [7, 11) is 0. The maximum Gasteiger partial charge on any atom is 0.261 e. The Hall–Kier alpha value is -2.76. The predicted octanol–water partition coefficient (Wildman–Crippen LogP) is 3.73. The Morgan fingerprint density at radius 1 is 1.11 bits per heavy atom. The Balaban J connectivity index is 1.46. The lowest BCUT2D eigenvalue weighted by Crippen LogP contribution is -2.34. The molecule has 1 fully saturated rings. The normalized spacial score (nSPS) is 18.9. The van der Waals surface area contributed by atoms with Crippen molar-refractivity contribution in [2.45, 2.75) is 25.3 Å². The molecule has 0 aromatic heterocycles. The van der Waals surface area contributed by atoms with Gasteiger partial charge in [0, 0.05) is 13.0 Å². The second-order valence-corrected chi connectivity index (χ2v) is 6.72. The molecular weight excluding hydrogens is 349 g/mol. The van der Waals surface area contributed by atoms with Gasteiger partial charge in [-0.2, -0.15) is 0 Å². The van der Waals surface area contributed by atoms with Crippen LogP contribution >= 0.6 is 0 Å². The van der Waals surface area contributed by atoms with Gasteiger partial charge in [0.15, 0.2) is 29.7 Å². The number of rotatable bonds is 4. The lowest BCUT2D eigenvalue weighted by molar-refractivity contribution is -0.134. The van der Waals surface area contributed by atoms with E-state index in [2.05, 4.69) is 0 Å². The lowest BCUT2D eigenvalue weighted by Gasteiger charge is -2.25. The number of benzene rings is 2. The monoisotopic (exact) mass is 371 g/mol. The Morgan fingerprint density at radius 2 is 1.93 bits per heavy atom. The predicted molar refractivity (Wildman–Crippen MR) is 97.6 cm³/mol. The van der Waals surface area contributed by atoms with Crippen molar-refractivity contribution in [3.8, 4) is 17.2 Å². The molecule has 0 saturated carbocycles. The van der Waals surface area contributed by atoms with E-state index in [1.807, 2.05) is 18.2 Å². The van der Waals surface area contributed by atoms with E-state index < -0.39 is 5.82 Å². The van der Waals surface area contributed by atoms with Gasteiger partial charge in [-0.1, -0.05) is 18.2 Å². The minimum Gasteiger partial charge on any atom is -0.490 e. The largest absolute Gasteiger partial charge is 0.490 e. The molecule has 2 heterocycles. The minimum atomic E-state index is -0.467. The molecule has 2 aromatic rings. The number of hydrogen-bond acceptors (Lipinski definition) is 4. The van der Waals surface area contributed by atoms with E-state index in [0.717, 1.165) is 36.3 Å². The van der Waals surface area contributed by atoms with Crippen LogP contribution in [0.5, 0.6) is 17.2 Å². The van der Waals surface area contributed by atoms with Gasteiger partial charge in [0.2, 0.25) is 0 Å². The fourth-order valence-electron chi connectivity index (χ4n) is 3.58. The highest BCUT2D eigenvalue weighted by Gasteiger charge is 2.31. The fourth-order valence-corrected chi connectivity index (χ4v) is 3.58. The Morgan fingerprint density at radius 3 is 2.78 bits per heavy atom. The SMILES string of the molecule is O=C(COc1ccccc1F)N1CCC[C@H]1c1ccc2c(c1)OCCCO2. The minimum absolute atomic E-state index is 0.0288. The molecule has 0 N–H and O–H groups in total. The molecule has 0 unspecified atom stereocenters. The number of hydrogen-bond donors (Lipinski definition) is 0. The molecule has 2 aliphatic heterocycles. The summed E-state index contributed by atoms with van der Waals surface area (Å²) in [4.78, 5) is 14.5. The molecule has 142 valence electrons. The first-order chi connectivity index (χ1) is 13.2. The standard InChI is InChI=1S/C21H22FNO4/c22-16-5-1-2-7-18(16)27-14-21(24)23-10-3-6-17(23)15-8-9-19-20(13-15)26-12-4-11-25-19/h1-2,5,7-9,13,17H,3-4,6,10-12,14H2/t17-/m0/s1. The quantitative estimate of drug-likeness (QED) is 0.822. The van der Waals surface area contributed by atoms with Gasteiger partial charge in [0.1, 0.15) is 0 Å². The van der Waals surface area contributed by atoms with Crippen molar-refractivity contribution in [3.05, 3.63) is 53.8 Å². The third-order valence-corrected chi connectivity index (χ3v) is 4.92. The van der Waals surface area contributed by atoms with Crippen molar-refractivity contribution in [3.63, 3.8) is 0 Å². The number of para-hydroxylation sites is 1. The zero-order chi connectivity index (χ0) is 18.6. The summed E-state index contributed by atoms with van der Waals surface area (Å²) in [5.74, 6) is 0.957. The first-order valence-corrected chi connectivity index (χ1v) is 9.29. The summed E-state index contributed by atoms with van der Waals surface area (Å²) >= 11 is 0. The number of fused-ring (bicyclic) bond motifs is 1. The Kier molecular flexibility index (Phi) is 5.14. The molecule has 1 amide bonds. The summed E-state index contributed by atoms with van der Waals surface area (Å²) in [6.45, 7) is 1.76. The number of carbonyl (C=O) groups is 1. The van der Waals surface area contributed by atoms with Gasteiger partial charge in [-0.05, 0) is 42.7 Å². The molecule has 1 atom stereocenters. The van der Waals surface area contributed by atoms with Crippen molar-refractivity contribution in [1.29, 1.82) is 0 Å². The van der Waals surface area contributed by atoms with E-state index in [9.17, 15) is 9.18 Å². The number of amides is 1. The van der Waals surface area contributed by atoms with Crippen LogP contribution in [0.1, 0.15) is 30.9 Å². The highest BCUT2D eigenvalue weighted by atomic mass is 19.1. The van der Waals surface area contributed by atoms with E-state index in [-0.39, 0.29) is 24.3 Å². The first kappa shape index (κ1) is 17.6. The molecule has 5 nitrogen and oxygen atoms in total. The van der Waals surface area contributed by atoms with Crippen LogP contribution in [0.25, 0.3) is 0 Å². The smallest absolute Gasteiger partial charge is 0.261 e. The maximum atomic E-state index is 13.7. The van der Waals surface area contributed by atoms with Gasteiger partial charge in [0.05, 0.1) is 19.3 Å². The number of carbonyl (C=O) groups excluding carboxylic acids is 1. The zero-order valence-electron chi connectivity index (χ0n) is 15.0. The average Bonchev–Trinajstić information content (AvgIpc) is 3.06. The van der Waals surface area contributed by atoms with Gasteiger partial charge in [-0.15, -0.1) is 0 Å². The average molecular weight is 371 g/mol. The molecule has 2 aromatic carbocycles. The van der Waals surface area contributed by atoms with Gasteiger partial charge in [0.25, 0.3) is 5.91 Å². The summed E-state index contributed by atoms with van der Waals surface area (Å²) < 4.78 is 30.5. The van der Waals surface area contributed by atoms with Crippen molar-refractivity contribution in [2.24, 2.45) is 0 Å². The second-order valence-electron chi connectivity index (χ2n) is 6.72.